The van der Waals surface area contributed by atoms with Crippen molar-refractivity contribution in [1.82, 2.24) is 5.32 Å². The van der Waals surface area contributed by atoms with Gasteiger partial charge in [-0.1, -0.05) is 18.6 Å². The minimum Gasteiger partial charge on any atom is -0.494 e. The van der Waals surface area contributed by atoms with Gasteiger partial charge in [-0.15, -0.1) is 0 Å². The minimum absolute atomic E-state index is 0.413. The summed E-state index contributed by atoms with van der Waals surface area (Å²) < 4.78 is 5.70. The van der Waals surface area contributed by atoms with Gasteiger partial charge in [0.15, 0.2) is 0 Å². The fourth-order valence-electron chi connectivity index (χ4n) is 4.16. The third-order valence-corrected chi connectivity index (χ3v) is 5.04. The van der Waals surface area contributed by atoms with Gasteiger partial charge >= 0.3 is 0 Å². The molecule has 0 radical (unpaired) electrons. The average Bonchev–Trinajstić information content (AvgIpc) is 2.73. The van der Waals surface area contributed by atoms with E-state index in [4.69, 9.17) is 4.74 Å². The van der Waals surface area contributed by atoms with Gasteiger partial charge in [0.1, 0.15) is 5.75 Å². The molecule has 1 aromatic carbocycles. The van der Waals surface area contributed by atoms with Crippen LogP contribution in [0, 0.1) is 5.92 Å². The van der Waals surface area contributed by atoms with E-state index in [-0.39, 0.29) is 0 Å². The van der Waals surface area contributed by atoms with Crippen molar-refractivity contribution < 1.29 is 4.74 Å². The molecule has 1 aromatic rings. The van der Waals surface area contributed by atoms with E-state index >= 15 is 0 Å². The highest BCUT2D eigenvalue weighted by molar-refractivity contribution is 5.36. The van der Waals surface area contributed by atoms with E-state index in [0.29, 0.717) is 5.41 Å². The van der Waals surface area contributed by atoms with E-state index in [9.17, 15) is 0 Å². The summed E-state index contributed by atoms with van der Waals surface area (Å²) in [6.45, 7) is 5.18. The molecule has 2 unspecified atom stereocenters. The molecule has 2 heteroatoms. The lowest BCUT2D eigenvalue weighted by molar-refractivity contribution is 0.302. The number of hydrogen-bond donors (Lipinski definition) is 1. The van der Waals surface area contributed by atoms with E-state index in [0.717, 1.165) is 18.3 Å². The molecular formula is C17H25NO. The fraction of sp³-hybridized carbons (Fsp3) is 0.647. The van der Waals surface area contributed by atoms with Gasteiger partial charge in [-0.05, 0) is 74.7 Å². The van der Waals surface area contributed by atoms with Crippen LogP contribution in [-0.4, -0.2) is 19.7 Å². The van der Waals surface area contributed by atoms with Gasteiger partial charge in [-0.2, -0.15) is 0 Å². The first-order valence-electron chi connectivity index (χ1n) is 7.79. The van der Waals surface area contributed by atoms with Crippen LogP contribution in [-0.2, 0) is 5.41 Å². The van der Waals surface area contributed by atoms with E-state index < -0.39 is 0 Å². The maximum atomic E-state index is 5.70. The highest BCUT2D eigenvalue weighted by Crippen LogP contribution is 2.49. The topological polar surface area (TPSA) is 21.3 Å². The van der Waals surface area contributed by atoms with Gasteiger partial charge in [0.2, 0.25) is 0 Å². The number of ether oxygens (including phenoxy) is 1. The van der Waals surface area contributed by atoms with Gasteiger partial charge in [-0.25, -0.2) is 0 Å². The number of rotatable bonds is 3. The fourth-order valence-corrected chi connectivity index (χ4v) is 4.16. The maximum absolute atomic E-state index is 5.70. The van der Waals surface area contributed by atoms with Crippen LogP contribution in [0.25, 0.3) is 0 Å². The molecule has 19 heavy (non-hydrogen) atoms. The molecule has 2 atom stereocenters. The smallest absolute Gasteiger partial charge is 0.119 e. The minimum atomic E-state index is 0.413. The van der Waals surface area contributed by atoms with Crippen molar-refractivity contribution in [2.24, 2.45) is 5.92 Å². The molecule has 0 spiro atoms. The lowest BCUT2D eigenvalue weighted by Gasteiger charge is -2.35. The van der Waals surface area contributed by atoms with Crippen molar-refractivity contribution in [3.8, 4) is 5.75 Å². The van der Waals surface area contributed by atoms with Gasteiger partial charge in [0.05, 0.1) is 6.61 Å². The van der Waals surface area contributed by atoms with E-state index in [1.807, 2.05) is 0 Å². The zero-order chi connectivity index (χ0) is 13.1. The van der Waals surface area contributed by atoms with Crippen molar-refractivity contribution in [2.75, 3.05) is 19.7 Å². The summed E-state index contributed by atoms with van der Waals surface area (Å²) in [6.07, 6.45) is 6.75. The number of fused-ring (bicyclic) bond motifs is 1. The second kappa shape index (κ2) is 5.54. The number of hydrogen-bond acceptors (Lipinski definition) is 2. The molecule has 1 saturated heterocycles. The summed E-state index contributed by atoms with van der Waals surface area (Å²) in [5.74, 6) is 1.85. The van der Waals surface area contributed by atoms with Crippen molar-refractivity contribution in [2.45, 2.75) is 44.4 Å². The Hall–Kier alpha value is -1.02. The molecule has 3 rings (SSSR count). The van der Waals surface area contributed by atoms with Crippen LogP contribution in [0.4, 0.5) is 0 Å². The normalized spacial score (nSPS) is 30.7. The largest absolute Gasteiger partial charge is 0.494 e. The third-order valence-electron chi connectivity index (χ3n) is 5.04. The van der Waals surface area contributed by atoms with Crippen molar-refractivity contribution >= 4 is 0 Å². The predicted molar refractivity (Wildman–Crippen MR) is 78.7 cm³/mol. The van der Waals surface area contributed by atoms with Crippen LogP contribution >= 0.6 is 0 Å². The monoisotopic (exact) mass is 259 g/mol. The molecule has 104 valence electrons. The molecule has 2 fully saturated rings. The SMILES string of the molecule is CCOc1cccc(C23CCCNCC2CCC3)c1. The molecular weight excluding hydrogens is 234 g/mol. The summed E-state index contributed by atoms with van der Waals surface area (Å²) in [7, 11) is 0. The quantitative estimate of drug-likeness (QED) is 0.897. The summed E-state index contributed by atoms with van der Waals surface area (Å²) in [5, 5.41) is 3.62. The molecule has 0 amide bonds. The first kappa shape index (κ1) is 13.0. The second-order valence-corrected chi connectivity index (χ2v) is 6.01. The zero-order valence-electron chi connectivity index (χ0n) is 12.0. The van der Waals surface area contributed by atoms with Crippen LogP contribution < -0.4 is 10.1 Å². The molecule has 1 heterocycles. The first-order chi connectivity index (χ1) is 9.35. The summed E-state index contributed by atoms with van der Waals surface area (Å²) in [4.78, 5) is 0. The lowest BCUT2D eigenvalue weighted by atomic mass is 9.70. The standard InChI is InChI=1S/C17H25NO/c1-2-19-16-8-3-6-14(12-16)17-9-4-7-15(17)13-18-11-5-10-17/h3,6,8,12,15,18H,2,4-5,7,9-11,13H2,1H3. The molecule has 1 aliphatic heterocycles. The molecule has 2 nitrogen and oxygen atoms in total. The Balaban J connectivity index is 1.94. The van der Waals surface area contributed by atoms with Gasteiger partial charge in [0, 0.05) is 0 Å². The Morgan fingerprint density at radius 1 is 1.32 bits per heavy atom. The Morgan fingerprint density at radius 2 is 2.21 bits per heavy atom. The van der Waals surface area contributed by atoms with E-state index in [1.54, 1.807) is 0 Å². The van der Waals surface area contributed by atoms with Gasteiger partial charge in [0.25, 0.3) is 0 Å². The molecule has 1 aliphatic carbocycles. The lowest BCUT2D eigenvalue weighted by Crippen LogP contribution is -2.33. The molecule has 1 saturated carbocycles. The van der Waals surface area contributed by atoms with Crippen molar-refractivity contribution in [1.29, 1.82) is 0 Å². The Kier molecular flexibility index (Phi) is 3.79. The molecule has 0 aromatic heterocycles. The van der Waals surface area contributed by atoms with Gasteiger partial charge in [-0.3, -0.25) is 0 Å². The molecule has 2 aliphatic rings. The number of benzene rings is 1. The zero-order valence-corrected chi connectivity index (χ0v) is 12.0. The van der Waals surface area contributed by atoms with Crippen molar-refractivity contribution in [3.05, 3.63) is 29.8 Å². The molecule has 0 bridgehead atoms. The average molecular weight is 259 g/mol. The summed E-state index contributed by atoms with van der Waals surface area (Å²) >= 11 is 0. The van der Waals surface area contributed by atoms with Crippen molar-refractivity contribution in [3.63, 3.8) is 0 Å². The Labute approximate surface area is 116 Å². The van der Waals surface area contributed by atoms with E-state index in [1.165, 1.54) is 50.8 Å². The third kappa shape index (κ3) is 2.38. The Bertz CT molecular complexity index is 431. The summed E-state index contributed by atoms with van der Waals surface area (Å²) in [6, 6.07) is 8.88. The van der Waals surface area contributed by atoms with Gasteiger partial charge < -0.3 is 10.1 Å². The van der Waals surface area contributed by atoms with Crippen LogP contribution in [0.3, 0.4) is 0 Å². The van der Waals surface area contributed by atoms with E-state index in [2.05, 4.69) is 36.5 Å². The van der Waals surface area contributed by atoms with Crippen LogP contribution in [0.15, 0.2) is 24.3 Å². The highest BCUT2D eigenvalue weighted by atomic mass is 16.5. The first-order valence-corrected chi connectivity index (χ1v) is 7.79. The number of nitrogens with one attached hydrogen (secondary N) is 1. The predicted octanol–water partition coefficient (Wildman–Crippen LogP) is 3.51. The second-order valence-electron chi connectivity index (χ2n) is 6.01. The maximum Gasteiger partial charge on any atom is 0.119 e. The highest BCUT2D eigenvalue weighted by Gasteiger charge is 2.44. The Morgan fingerprint density at radius 3 is 3.11 bits per heavy atom. The van der Waals surface area contributed by atoms with Crippen LogP contribution in [0.2, 0.25) is 0 Å². The summed E-state index contributed by atoms with van der Waals surface area (Å²) in [5.41, 5.74) is 1.93. The van der Waals surface area contributed by atoms with Crippen LogP contribution in [0.1, 0.15) is 44.6 Å². The van der Waals surface area contributed by atoms with Crippen LogP contribution in [0.5, 0.6) is 5.75 Å². The molecule has 1 N–H and O–H groups in total.